The van der Waals surface area contributed by atoms with Crippen molar-refractivity contribution in [3.05, 3.63) is 40.1 Å². The third-order valence-electron chi connectivity index (χ3n) is 4.60. The molecule has 12 heteroatoms. The van der Waals surface area contributed by atoms with E-state index in [1.807, 2.05) is 12.3 Å². The molecule has 158 valence electrons. The summed E-state index contributed by atoms with van der Waals surface area (Å²) in [5.41, 5.74) is 1.06. The molecule has 1 saturated heterocycles. The molecule has 4 rings (SSSR count). The largest absolute Gasteiger partial charge is 0.433 e. The van der Waals surface area contributed by atoms with Crippen molar-refractivity contribution in [2.75, 3.05) is 23.3 Å². The number of nitrogens with zero attached hydrogens (tertiary/aromatic N) is 4. The minimum absolute atomic E-state index is 0.133. The molecule has 2 N–H and O–H groups in total. The Kier molecular flexibility index (Phi) is 5.47. The van der Waals surface area contributed by atoms with E-state index in [2.05, 4.69) is 20.3 Å². The highest BCUT2D eigenvalue weighted by atomic mass is 32.1. The summed E-state index contributed by atoms with van der Waals surface area (Å²) in [6.45, 7) is 2.49. The SMILES string of the molecule is Cc1nc(CO)sc1-c1csc(NC(=O)C2CN(c3ccc(C(F)(F)F)nc3)C2)n1. The van der Waals surface area contributed by atoms with Gasteiger partial charge in [-0.05, 0) is 19.1 Å². The smallest absolute Gasteiger partial charge is 0.389 e. The van der Waals surface area contributed by atoms with Crippen molar-refractivity contribution in [3.63, 3.8) is 0 Å². The Morgan fingerprint density at radius 2 is 2.10 bits per heavy atom. The number of pyridine rings is 1. The van der Waals surface area contributed by atoms with Crippen LogP contribution in [0.5, 0.6) is 0 Å². The quantitative estimate of drug-likeness (QED) is 0.612. The molecule has 1 amide bonds. The Balaban J connectivity index is 1.34. The number of aliphatic hydroxyl groups is 1. The monoisotopic (exact) mass is 455 g/mol. The van der Waals surface area contributed by atoms with Crippen molar-refractivity contribution in [1.29, 1.82) is 0 Å². The van der Waals surface area contributed by atoms with Gasteiger partial charge in [-0.15, -0.1) is 22.7 Å². The van der Waals surface area contributed by atoms with Crippen molar-refractivity contribution in [2.24, 2.45) is 5.92 Å². The first-order chi connectivity index (χ1) is 14.2. The lowest BCUT2D eigenvalue weighted by Gasteiger charge is -2.39. The normalized spacial score (nSPS) is 14.6. The van der Waals surface area contributed by atoms with Gasteiger partial charge in [-0.3, -0.25) is 4.79 Å². The Morgan fingerprint density at radius 1 is 1.33 bits per heavy atom. The van der Waals surface area contributed by atoms with Gasteiger partial charge in [-0.2, -0.15) is 13.2 Å². The average molecular weight is 455 g/mol. The molecule has 1 fully saturated rings. The predicted octanol–water partition coefficient (Wildman–Crippen LogP) is 3.56. The summed E-state index contributed by atoms with van der Waals surface area (Å²) in [6.07, 6.45) is -3.30. The van der Waals surface area contributed by atoms with E-state index in [4.69, 9.17) is 0 Å². The maximum Gasteiger partial charge on any atom is 0.433 e. The molecule has 30 heavy (non-hydrogen) atoms. The van der Waals surface area contributed by atoms with Crippen molar-refractivity contribution in [3.8, 4) is 10.6 Å². The minimum atomic E-state index is -4.47. The molecule has 3 aromatic heterocycles. The first kappa shape index (κ1) is 20.7. The summed E-state index contributed by atoms with van der Waals surface area (Å²) in [4.78, 5) is 27.2. The van der Waals surface area contributed by atoms with Crippen LogP contribution >= 0.6 is 22.7 Å². The summed E-state index contributed by atoms with van der Waals surface area (Å²) in [6, 6.07) is 2.29. The zero-order valence-electron chi connectivity index (χ0n) is 15.6. The molecule has 0 bridgehead atoms. The number of hydrogen-bond acceptors (Lipinski definition) is 8. The number of nitrogens with one attached hydrogen (secondary N) is 1. The van der Waals surface area contributed by atoms with Crippen LogP contribution in [0.2, 0.25) is 0 Å². The van der Waals surface area contributed by atoms with Gasteiger partial charge in [0.1, 0.15) is 10.7 Å². The fourth-order valence-corrected chi connectivity index (χ4v) is 4.66. The molecule has 3 aromatic rings. The first-order valence-corrected chi connectivity index (χ1v) is 10.6. The van der Waals surface area contributed by atoms with Crippen LogP contribution in [-0.4, -0.2) is 39.1 Å². The van der Waals surface area contributed by atoms with Crippen molar-refractivity contribution >= 4 is 39.4 Å². The minimum Gasteiger partial charge on any atom is -0.389 e. The number of aromatic nitrogens is 3. The lowest BCUT2D eigenvalue weighted by molar-refractivity contribution is -0.141. The highest BCUT2D eigenvalue weighted by molar-refractivity contribution is 7.17. The van der Waals surface area contributed by atoms with Crippen LogP contribution in [0.4, 0.5) is 24.0 Å². The van der Waals surface area contributed by atoms with Crippen LogP contribution in [-0.2, 0) is 17.6 Å². The topological polar surface area (TPSA) is 91.2 Å². The first-order valence-electron chi connectivity index (χ1n) is 8.86. The van der Waals surface area contributed by atoms with Gasteiger partial charge < -0.3 is 15.3 Å². The number of aryl methyl sites for hydroxylation is 1. The second kappa shape index (κ2) is 7.93. The van der Waals surface area contributed by atoms with Gasteiger partial charge in [-0.25, -0.2) is 15.0 Å². The number of amides is 1. The van der Waals surface area contributed by atoms with Gasteiger partial charge in [0, 0.05) is 18.5 Å². The molecule has 1 aliphatic rings. The molecule has 0 spiro atoms. The van der Waals surface area contributed by atoms with E-state index in [0.29, 0.717) is 34.6 Å². The van der Waals surface area contributed by atoms with Gasteiger partial charge in [0.2, 0.25) is 5.91 Å². The van der Waals surface area contributed by atoms with Crippen molar-refractivity contribution in [2.45, 2.75) is 19.7 Å². The molecular weight excluding hydrogens is 439 g/mol. The molecule has 0 radical (unpaired) electrons. The highest BCUT2D eigenvalue weighted by Crippen LogP contribution is 2.33. The number of anilines is 2. The van der Waals surface area contributed by atoms with E-state index >= 15 is 0 Å². The average Bonchev–Trinajstić information content (AvgIpc) is 3.26. The van der Waals surface area contributed by atoms with Crippen LogP contribution in [0.1, 0.15) is 16.4 Å². The molecule has 4 heterocycles. The highest BCUT2D eigenvalue weighted by Gasteiger charge is 2.35. The Morgan fingerprint density at radius 3 is 2.70 bits per heavy atom. The summed E-state index contributed by atoms with van der Waals surface area (Å²) < 4.78 is 37.8. The lowest BCUT2D eigenvalue weighted by atomic mass is 9.98. The number of rotatable bonds is 5. The van der Waals surface area contributed by atoms with Crippen molar-refractivity contribution in [1.82, 2.24) is 15.0 Å². The number of alkyl halides is 3. The molecule has 1 aliphatic heterocycles. The summed E-state index contributed by atoms with van der Waals surface area (Å²) in [7, 11) is 0. The second-order valence-corrected chi connectivity index (χ2v) is 8.65. The molecule has 0 unspecified atom stereocenters. The van der Waals surface area contributed by atoms with E-state index in [1.54, 1.807) is 4.90 Å². The lowest BCUT2D eigenvalue weighted by Crippen LogP contribution is -2.52. The third-order valence-corrected chi connectivity index (χ3v) is 6.52. The maximum absolute atomic E-state index is 12.6. The number of aliphatic hydroxyl groups excluding tert-OH is 1. The van der Waals surface area contributed by atoms with Gasteiger partial charge >= 0.3 is 6.18 Å². The molecule has 7 nitrogen and oxygen atoms in total. The van der Waals surface area contributed by atoms with Crippen LogP contribution in [0.25, 0.3) is 10.6 Å². The maximum atomic E-state index is 12.6. The Labute approximate surface area is 177 Å². The van der Waals surface area contributed by atoms with Gasteiger partial charge in [0.25, 0.3) is 0 Å². The third kappa shape index (κ3) is 4.16. The fourth-order valence-electron chi connectivity index (χ4n) is 3.00. The van der Waals surface area contributed by atoms with E-state index in [1.165, 1.54) is 34.9 Å². The van der Waals surface area contributed by atoms with Gasteiger partial charge in [-0.1, -0.05) is 0 Å². The van der Waals surface area contributed by atoms with E-state index < -0.39 is 11.9 Å². The second-order valence-electron chi connectivity index (χ2n) is 6.71. The van der Waals surface area contributed by atoms with Crippen LogP contribution in [0, 0.1) is 12.8 Å². The Hall–Kier alpha value is -2.57. The number of thiazole rings is 2. The molecule has 0 saturated carbocycles. The molecule has 0 aromatic carbocycles. The van der Waals surface area contributed by atoms with E-state index in [-0.39, 0.29) is 18.4 Å². The van der Waals surface area contributed by atoms with E-state index in [0.717, 1.165) is 16.6 Å². The van der Waals surface area contributed by atoms with Gasteiger partial charge in [0.05, 0.1) is 40.7 Å². The number of carbonyl (C=O) groups is 1. The molecule has 0 atom stereocenters. The number of hydrogen-bond donors (Lipinski definition) is 2. The van der Waals surface area contributed by atoms with Crippen LogP contribution in [0.3, 0.4) is 0 Å². The summed E-state index contributed by atoms with van der Waals surface area (Å²) in [5, 5.41) is 14.9. The Bertz CT molecular complexity index is 1060. The zero-order chi connectivity index (χ0) is 21.5. The number of halogens is 3. The standard InChI is InChI=1S/C18H16F3N5O2S2/c1-9-15(30-14(7-27)23-9)12-8-29-17(24-12)25-16(28)10-5-26(6-10)11-2-3-13(22-4-11)18(19,20)21/h2-4,8,10,27H,5-7H2,1H3,(H,24,25,28). The number of carbonyl (C=O) groups excluding carboxylic acids is 1. The summed E-state index contributed by atoms with van der Waals surface area (Å²) in [5.74, 6) is -0.477. The van der Waals surface area contributed by atoms with Crippen LogP contribution in [0.15, 0.2) is 23.7 Å². The molecular formula is C18H16F3N5O2S2. The van der Waals surface area contributed by atoms with Crippen molar-refractivity contribution < 1.29 is 23.1 Å². The predicted molar refractivity (Wildman–Crippen MR) is 107 cm³/mol. The summed E-state index contributed by atoms with van der Waals surface area (Å²) >= 11 is 2.65. The van der Waals surface area contributed by atoms with Crippen LogP contribution < -0.4 is 10.2 Å². The molecule has 0 aliphatic carbocycles. The van der Waals surface area contributed by atoms with Gasteiger partial charge in [0.15, 0.2) is 5.13 Å². The van der Waals surface area contributed by atoms with E-state index in [9.17, 15) is 23.1 Å². The zero-order valence-corrected chi connectivity index (χ0v) is 17.2. The fraction of sp³-hybridized carbons (Fsp3) is 0.333.